The van der Waals surface area contributed by atoms with Gasteiger partial charge < -0.3 is 4.57 Å². The number of nitrogens with zero attached hydrogens (tertiary/aromatic N) is 2. The summed E-state index contributed by atoms with van der Waals surface area (Å²) in [5, 5.41) is 0.675. The van der Waals surface area contributed by atoms with Crippen LogP contribution in [0.15, 0.2) is 36.8 Å². The van der Waals surface area contributed by atoms with Gasteiger partial charge in [0, 0.05) is 24.7 Å². The molecule has 2 rings (SSSR count). The zero-order chi connectivity index (χ0) is 11.5. The highest BCUT2D eigenvalue weighted by Gasteiger charge is 2.09. The quantitative estimate of drug-likeness (QED) is 0.765. The summed E-state index contributed by atoms with van der Waals surface area (Å²) in [5.74, 6) is 0.0166. The monoisotopic (exact) mass is 234 g/mol. The first-order chi connectivity index (χ1) is 7.65. The van der Waals surface area contributed by atoms with Crippen molar-refractivity contribution in [2.75, 3.05) is 0 Å². The first-order valence-electron chi connectivity index (χ1n) is 4.91. The zero-order valence-electron chi connectivity index (χ0n) is 8.85. The fourth-order valence-electron chi connectivity index (χ4n) is 1.44. The Kier molecular flexibility index (Phi) is 3.06. The molecule has 16 heavy (non-hydrogen) atoms. The lowest BCUT2D eigenvalue weighted by Crippen LogP contribution is -2.03. The van der Waals surface area contributed by atoms with Gasteiger partial charge >= 0.3 is 0 Å². The molecule has 3 nitrogen and oxygen atoms in total. The van der Waals surface area contributed by atoms with Crippen LogP contribution < -0.4 is 0 Å². The molecule has 0 fully saturated rings. The Labute approximate surface area is 98.7 Å². The van der Waals surface area contributed by atoms with Crippen molar-refractivity contribution in [1.29, 1.82) is 0 Å². The van der Waals surface area contributed by atoms with Crippen molar-refractivity contribution in [2.24, 2.45) is 7.05 Å². The summed E-state index contributed by atoms with van der Waals surface area (Å²) in [6.45, 7) is 0. The van der Waals surface area contributed by atoms with Gasteiger partial charge in [0.05, 0.1) is 6.33 Å². The molecule has 0 bridgehead atoms. The van der Waals surface area contributed by atoms with E-state index in [1.807, 2.05) is 19.2 Å². The number of benzene rings is 1. The van der Waals surface area contributed by atoms with Gasteiger partial charge in [0.2, 0.25) is 0 Å². The van der Waals surface area contributed by atoms with Gasteiger partial charge in [-0.3, -0.25) is 4.79 Å². The number of rotatable bonds is 3. The topological polar surface area (TPSA) is 34.9 Å². The number of aromatic nitrogens is 2. The van der Waals surface area contributed by atoms with Crippen molar-refractivity contribution in [2.45, 2.75) is 6.42 Å². The van der Waals surface area contributed by atoms with E-state index < -0.39 is 0 Å². The number of hydrogen-bond donors (Lipinski definition) is 0. The lowest BCUT2D eigenvalue weighted by molar-refractivity contribution is 0.0988. The van der Waals surface area contributed by atoms with Crippen molar-refractivity contribution >= 4 is 17.4 Å². The highest BCUT2D eigenvalue weighted by molar-refractivity contribution is 6.30. The molecule has 1 aromatic heterocycles. The van der Waals surface area contributed by atoms with Crippen LogP contribution in [0.1, 0.15) is 16.1 Å². The Balaban J connectivity index is 2.10. The van der Waals surface area contributed by atoms with E-state index in [9.17, 15) is 4.79 Å². The fourth-order valence-corrected chi connectivity index (χ4v) is 1.56. The number of Topliss-reactive ketones (excluding diaryl/α,β-unsaturated/α-hetero) is 1. The summed E-state index contributed by atoms with van der Waals surface area (Å²) in [6, 6.07) is 7.26. The van der Waals surface area contributed by atoms with Crippen LogP contribution in [0.4, 0.5) is 0 Å². The highest BCUT2D eigenvalue weighted by atomic mass is 35.5. The van der Waals surface area contributed by atoms with E-state index in [0.717, 1.165) is 5.56 Å². The molecule has 0 aliphatic carbocycles. The maximum absolute atomic E-state index is 11.8. The molecule has 4 heteroatoms. The SMILES string of the molecule is Cn1cnc(C(=O)Cc2ccc(Cl)cc2)c1. The first-order valence-corrected chi connectivity index (χ1v) is 5.28. The maximum Gasteiger partial charge on any atom is 0.187 e. The van der Waals surface area contributed by atoms with Crippen LogP contribution >= 0.6 is 11.6 Å². The lowest BCUT2D eigenvalue weighted by Gasteiger charge is -1.98. The van der Waals surface area contributed by atoms with Crippen LogP contribution in [0.25, 0.3) is 0 Å². The summed E-state index contributed by atoms with van der Waals surface area (Å²) in [7, 11) is 1.84. The van der Waals surface area contributed by atoms with Crippen LogP contribution in [0.5, 0.6) is 0 Å². The second-order valence-corrected chi connectivity index (χ2v) is 4.09. The smallest absolute Gasteiger partial charge is 0.187 e. The molecular formula is C12H11ClN2O. The average Bonchev–Trinajstić information content (AvgIpc) is 2.68. The second kappa shape index (κ2) is 4.49. The van der Waals surface area contributed by atoms with Crippen molar-refractivity contribution in [3.05, 3.63) is 53.1 Å². The Morgan fingerprint density at radius 1 is 1.38 bits per heavy atom. The van der Waals surface area contributed by atoms with Gasteiger partial charge in [-0.25, -0.2) is 4.98 Å². The lowest BCUT2D eigenvalue weighted by atomic mass is 10.1. The van der Waals surface area contributed by atoms with Crippen molar-refractivity contribution < 1.29 is 4.79 Å². The molecule has 0 atom stereocenters. The Hall–Kier alpha value is -1.61. The first kappa shape index (κ1) is 10.9. The van der Waals surface area contributed by atoms with Crippen molar-refractivity contribution in [3.63, 3.8) is 0 Å². The minimum atomic E-state index is 0.0166. The minimum Gasteiger partial charge on any atom is -0.340 e. The van der Waals surface area contributed by atoms with Gasteiger partial charge in [0.25, 0.3) is 0 Å². The molecule has 2 aromatic rings. The number of aryl methyl sites for hydroxylation is 1. The third kappa shape index (κ3) is 2.49. The Morgan fingerprint density at radius 2 is 2.06 bits per heavy atom. The van der Waals surface area contributed by atoms with E-state index in [1.165, 1.54) is 0 Å². The molecule has 0 radical (unpaired) electrons. The number of carbonyl (C=O) groups is 1. The van der Waals surface area contributed by atoms with Crippen LogP contribution in [0, 0.1) is 0 Å². The summed E-state index contributed by atoms with van der Waals surface area (Å²) in [4.78, 5) is 15.8. The number of imidazole rings is 1. The summed E-state index contributed by atoms with van der Waals surface area (Å²) >= 11 is 5.77. The predicted molar refractivity (Wildman–Crippen MR) is 62.7 cm³/mol. The molecule has 0 aliphatic heterocycles. The summed E-state index contributed by atoms with van der Waals surface area (Å²) < 4.78 is 1.76. The third-order valence-electron chi connectivity index (χ3n) is 2.27. The predicted octanol–water partition coefficient (Wildman–Crippen LogP) is 2.50. The zero-order valence-corrected chi connectivity index (χ0v) is 9.61. The van der Waals surface area contributed by atoms with Gasteiger partial charge in [-0.05, 0) is 17.7 Å². The Morgan fingerprint density at radius 3 is 2.62 bits per heavy atom. The van der Waals surface area contributed by atoms with E-state index >= 15 is 0 Å². The van der Waals surface area contributed by atoms with E-state index in [-0.39, 0.29) is 5.78 Å². The van der Waals surface area contributed by atoms with Gasteiger partial charge in [0.1, 0.15) is 5.69 Å². The molecule has 0 saturated carbocycles. The van der Waals surface area contributed by atoms with E-state index in [1.54, 1.807) is 29.2 Å². The van der Waals surface area contributed by atoms with Crippen LogP contribution in [-0.2, 0) is 13.5 Å². The second-order valence-electron chi connectivity index (χ2n) is 3.65. The van der Waals surface area contributed by atoms with Crippen LogP contribution in [0.3, 0.4) is 0 Å². The fraction of sp³-hybridized carbons (Fsp3) is 0.167. The molecule has 0 saturated heterocycles. The number of carbonyl (C=O) groups excluding carboxylic acids is 1. The van der Waals surface area contributed by atoms with Crippen molar-refractivity contribution in [1.82, 2.24) is 9.55 Å². The third-order valence-corrected chi connectivity index (χ3v) is 2.52. The number of halogens is 1. The van der Waals surface area contributed by atoms with Crippen molar-refractivity contribution in [3.8, 4) is 0 Å². The normalized spacial score (nSPS) is 10.4. The highest BCUT2D eigenvalue weighted by Crippen LogP contribution is 2.11. The van der Waals surface area contributed by atoms with E-state index in [0.29, 0.717) is 17.1 Å². The molecule has 0 unspecified atom stereocenters. The molecule has 0 spiro atoms. The largest absolute Gasteiger partial charge is 0.340 e. The molecule has 1 heterocycles. The molecule has 0 aliphatic rings. The van der Waals surface area contributed by atoms with Gasteiger partial charge in [-0.1, -0.05) is 23.7 Å². The molecule has 1 aromatic carbocycles. The number of ketones is 1. The van der Waals surface area contributed by atoms with Crippen LogP contribution in [-0.4, -0.2) is 15.3 Å². The van der Waals surface area contributed by atoms with Gasteiger partial charge in [0.15, 0.2) is 5.78 Å². The summed E-state index contributed by atoms with van der Waals surface area (Å²) in [5.41, 5.74) is 1.44. The van der Waals surface area contributed by atoms with Gasteiger partial charge in [-0.2, -0.15) is 0 Å². The molecule has 0 amide bonds. The minimum absolute atomic E-state index is 0.0166. The number of hydrogen-bond acceptors (Lipinski definition) is 2. The molecule has 0 N–H and O–H groups in total. The summed E-state index contributed by atoms with van der Waals surface area (Å²) in [6.07, 6.45) is 3.70. The average molecular weight is 235 g/mol. The molecular weight excluding hydrogens is 224 g/mol. The standard InChI is InChI=1S/C12H11ClN2O/c1-15-7-11(14-8-15)12(16)6-9-2-4-10(13)5-3-9/h2-5,7-8H,6H2,1H3. The van der Waals surface area contributed by atoms with Crippen LogP contribution in [0.2, 0.25) is 5.02 Å². The Bertz CT molecular complexity index is 502. The maximum atomic E-state index is 11.8. The van der Waals surface area contributed by atoms with E-state index in [2.05, 4.69) is 4.98 Å². The van der Waals surface area contributed by atoms with Gasteiger partial charge in [-0.15, -0.1) is 0 Å². The van der Waals surface area contributed by atoms with E-state index in [4.69, 9.17) is 11.6 Å². The molecule has 82 valence electrons.